The van der Waals surface area contributed by atoms with Crippen LogP contribution in [0.25, 0.3) is 5.69 Å². The number of carbonyl (C=O) groups is 1. The maximum absolute atomic E-state index is 13.1. The first-order valence-electron chi connectivity index (χ1n) is 10.2. The van der Waals surface area contributed by atoms with Gasteiger partial charge in [0.25, 0.3) is 17.0 Å². The molecular formula is C23H24N4O4. The molecule has 1 amide bonds. The minimum Gasteiger partial charge on any atom is -0.379 e. The fraction of sp³-hybridized carbons (Fsp3) is 0.261. The molecule has 0 radical (unpaired) electrons. The number of H-pyrrole nitrogens is 1. The lowest BCUT2D eigenvalue weighted by molar-refractivity contribution is 0.0332. The molecule has 4 rings (SSSR count). The lowest BCUT2D eigenvalue weighted by atomic mass is 10.0. The summed E-state index contributed by atoms with van der Waals surface area (Å²) in [4.78, 5) is 39.1. The van der Waals surface area contributed by atoms with Gasteiger partial charge in [0.2, 0.25) is 0 Å². The number of ether oxygens (including phenoxy) is 1. The quantitative estimate of drug-likeness (QED) is 0.627. The van der Waals surface area contributed by atoms with Crippen molar-refractivity contribution in [3.8, 4) is 5.69 Å². The molecule has 1 fully saturated rings. The second-order valence-corrected chi connectivity index (χ2v) is 7.38. The number of hydrogen-bond acceptors (Lipinski definition) is 5. The fourth-order valence-corrected chi connectivity index (χ4v) is 3.61. The monoisotopic (exact) mass is 420 g/mol. The lowest BCUT2D eigenvalue weighted by Gasteiger charge is -2.31. The molecule has 1 unspecified atom stereocenters. The first-order valence-corrected chi connectivity index (χ1v) is 10.2. The van der Waals surface area contributed by atoms with Crippen LogP contribution in [0.3, 0.4) is 0 Å². The summed E-state index contributed by atoms with van der Waals surface area (Å²) in [6.45, 7) is 3.67. The molecule has 2 heterocycles. The number of aromatic nitrogens is 2. The Morgan fingerprint density at radius 1 is 1.00 bits per heavy atom. The van der Waals surface area contributed by atoms with Gasteiger partial charge in [-0.05, 0) is 23.8 Å². The van der Waals surface area contributed by atoms with E-state index in [0.717, 1.165) is 23.3 Å². The van der Waals surface area contributed by atoms with Crippen LogP contribution in [0.5, 0.6) is 0 Å². The number of benzene rings is 2. The van der Waals surface area contributed by atoms with Gasteiger partial charge in [0.05, 0.1) is 24.9 Å². The Bertz CT molecular complexity index is 1150. The molecule has 0 aliphatic carbocycles. The number of nitrogens with one attached hydrogen (secondary N) is 2. The molecule has 1 aliphatic rings. The Morgan fingerprint density at radius 3 is 2.55 bits per heavy atom. The smallest absolute Gasteiger partial charge is 0.269 e. The number of amides is 1. The van der Waals surface area contributed by atoms with Crippen LogP contribution in [-0.4, -0.2) is 53.4 Å². The Labute approximate surface area is 179 Å². The summed E-state index contributed by atoms with van der Waals surface area (Å²) in [5.41, 5.74) is 1.05. The van der Waals surface area contributed by atoms with Gasteiger partial charge in [-0.15, -0.1) is 0 Å². The van der Waals surface area contributed by atoms with Gasteiger partial charge >= 0.3 is 0 Å². The number of carbonyl (C=O) groups excluding carboxylic acids is 1. The third-order valence-electron chi connectivity index (χ3n) is 5.24. The Balaban J connectivity index is 1.57. The van der Waals surface area contributed by atoms with Crippen LogP contribution < -0.4 is 16.4 Å². The first-order chi connectivity index (χ1) is 15.1. The van der Waals surface area contributed by atoms with Gasteiger partial charge in [0, 0.05) is 37.3 Å². The van der Waals surface area contributed by atoms with Crippen molar-refractivity contribution in [2.24, 2.45) is 0 Å². The van der Waals surface area contributed by atoms with E-state index in [0.29, 0.717) is 31.0 Å². The molecule has 1 aliphatic heterocycles. The molecule has 8 nitrogen and oxygen atoms in total. The lowest BCUT2D eigenvalue weighted by Crippen LogP contribution is -2.43. The molecule has 1 aromatic heterocycles. The van der Waals surface area contributed by atoms with Crippen molar-refractivity contribution < 1.29 is 9.53 Å². The van der Waals surface area contributed by atoms with Crippen LogP contribution in [-0.2, 0) is 4.74 Å². The van der Waals surface area contributed by atoms with Crippen molar-refractivity contribution in [2.75, 3.05) is 32.8 Å². The normalized spacial score (nSPS) is 15.4. The molecule has 1 atom stereocenters. The highest BCUT2D eigenvalue weighted by Crippen LogP contribution is 2.17. The zero-order valence-electron chi connectivity index (χ0n) is 17.0. The SMILES string of the molecule is O=C(NC(CN1CCOCC1)c1ccccc1)c1cccc(-n2[nH]c(=O)ccc2=O)c1. The molecule has 0 saturated carbocycles. The predicted octanol–water partition coefficient (Wildman–Crippen LogP) is 1.33. The van der Waals surface area contributed by atoms with Crippen LogP contribution in [0.4, 0.5) is 0 Å². The molecular weight excluding hydrogens is 396 g/mol. The number of hydrogen-bond donors (Lipinski definition) is 2. The van der Waals surface area contributed by atoms with Gasteiger partial charge in [0.1, 0.15) is 0 Å². The van der Waals surface area contributed by atoms with Crippen LogP contribution in [0, 0.1) is 0 Å². The van der Waals surface area contributed by atoms with E-state index in [-0.39, 0.29) is 17.5 Å². The third kappa shape index (κ3) is 5.17. The molecule has 160 valence electrons. The summed E-state index contributed by atoms with van der Waals surface area (Å²) in [6, 6.07) is 18.6. The fourth-order valence-electron chi connectivity index (χ4n) is 3.61. The van der Waals surface area contributed by atoms with E-state index in [9.17, 15) is 14.4 Å². The van der Waals surface area contributed by atoms with Gasteiger partial charge in [-0.1, -0.05) is 36.4 Å². The maximum atomic E-state index is 13.1. The van der Waals surface area contributed by atoms with E-state index in [4.69, 9.17) is 4.74 Å². The molecule has 8 heteroatoms. The summed E-state index contributed by atoms with van der Waals surface area (Å²) in [5, 5.41) is 5.60. The van der Waals surface area contributed by atoms with E-state index in [1.807, 2.05) is 30.3 Å². The van der Waals surface area contributed by atoms with Gasteiger partial charge in [-0.25, -0.2) is 4.68 Å². The van der Waals surface area contributed by atoms with Crippen LogP contribution >= 0.6 is 0 Å². The predicted molar refractivity (Wildman–Crippen MR) is 117 cm³/mol. The molecule has 2 aromatic carbocycles. The van der Waals surface area contributed by atoms with E-state index in [1.54, 1.807) is 24.3 Å². The molecule has 0 bridgehead atoms. The topological polar surface area (TPSA) is 96.4 Å². The number of nitrogens with zero attached hydrogens (tertiary/aromatic N) is 2. The molecule has 0 spiro atoms. The van der Waals surface area contributed by atoms with Crippen LogP contribution in [0.1, 0.15) is 22.0 Å². The van der Waals surface area contributed by atoms with Gasteiger partial charge in [0.15, 0.2) is 0 Å². The summed E-state index contributed by atoms with van der Waals surface area (Å²) < 4.78 is 6.56. The molecule has 3 aromatic rings. The van der Waals surface area contributed by atoms with Crippen LogP contribution in [0.15, 0.2) is 76.3 Å². The van der Waals surface area contributed by atoms with Crippen molar-refractivity contribution >= 4 is 5.91 Å². The van der Waals surface area contributed by atoms with E-state index in [2.05, 4.69) is 15.3 Å². The Hall–Kier alpha value is -3.49. The van der Waals surface area contributed by atoms with Gasteiger partial charge in [-0.2, -0.15) is 0 Å². The minimum atomic E-state index is -0.399. The number of rotatable bonds is 6. The highest BCUT2D eigenvalue weighted by atomic mass is 16.5. The summed E-state index contributed by atoms with van der Waals surface area (Å²) in [6.07, 6.45) is 0. The van der Waals surface area contributed by atoms with Crippen molar-refractivity contribution in [1.82, 2.24) is 20.0 Å². The standard InChI is InChI=1S/C23H24N4O4/c28-21-9-10-22(29)27(25-21)19-8-4-7-18(15-19)23(30)24-20(17-5-2-1-3-6-17)16-26-11-13-31-14-12-26/h1-10,15,20H,11-14,16H2,(H,24,30)(H,25,28). The van der Waals surface area contributed by atoms with E-state index < -0.39 is 5.56 Å². The van der Waals surface area contributed by atoms with Gasteiger partial charge < -0.3 is 10.1 Å². The number of morpholine rings is 1. The zero-order valence-corrected chi connectivity index (χ0v) is 17.0. The van der Waals surface area contributed by atoms with Crippen molar-refractivity contribution in [2.45, 2.75) is 6.04 Å². The van der Waals surface area contributed by atoms with Crippen molar-refractivity contribution in [1.29, 1.82) is 0 Å². The number of aromatic amines is 1. The van der Waals surface area contributed by atoms with E-state index >= 15 is 0 Å². The second kappa shape index (κ2) is 9.55. The zero-order chi connectivity index (χ0) is 21.6. The molecule has 1 saturated heterocycles. The average Bonchev–Trinajstić information content (AvgIpc) is 2.81. The van der Waals surface area contributed by atoms with Crippen LogP contribution in [0.2, 0.25) is 0 Å². The Morgan fingerprint density at radius 2 is 1.77 bits per heavy atom. The highest BCUT2D eigenvalue weighted by Gasteiger charge is 2.21. The summed E-state index contributed by atoms with van der Waals surface area (Å²) in [7, 11) is 0. The minimum absolute atomic E-state index is 0.199. The van der Waals surface area contributed by atoms with Gasteiger partial charge in [-0.3, -0.25) is 24.4 Å². The molecule has 2 N–H and O–H groups in total. The molecule has 31 heavy (non-hydrogen) atoms. The Kier molecular flexibility index (Phi) is 6.40. The largest absolute Gasteiger partial charge is 0.379 e. The maximum Gasteiger partial charge on any atom is 0.269 e. The highest BCUT2D eigenvalue weighted by molar-refractivity contribution is 5.95. The summed E-state index contributed by atoms with van der Waals surface area (Å²) in [5.74, 6) is -0.254. The van der Waals surface area contributed by atoms with E-state index in [1.165, 1.54) is 12.1 Å². The average molecular weight is 420 g/mol. The third-order valence-corrected chi connectivity index (χ3v) is 5.24. The van der Waals surface area contributed by atoms with Crippen molar-refractivity contribution in [3.05, 3.63) is 98.6 Å². The van der Waals surface area contributed by atoms with Crippen molar-refractivity contribution in [3.63, 3.8) is 0 Å². The summed E-state index contributed by atoms with van der Waals surface area (Å²) >= 11 is 0. The first kappa shape index (κ1) is 20.8. The second-order valence-electron chi connectivity index (χ2n) is 7.38.